The minimum absolute atomic E-state index is 0. The van der Waals surface area contributed by atoms with E-state index in [1.807, 2.05) is 32.0 Å². The van der Waals surface area contributed by atoms with Gasteiger partial charge in [-0.25, -0.2) is 4.98 Å². The van der Waals surface area contributed by atoms with E-state index < -0.39 is 0 Å². The Morgan fingerprint density at radius 2 is 2.07 bits per heavy atom. The summed E-state index contributed by atoms with van der Waals surface area (Å²) < 4.78 is 12.0. The fraction of sp³-hybridized carbons (Fsp3) is 0.429. The second kappa shape index (κ2) is 10.1. The highest BCUT2D eigenvalue weighted by Gasteiger charge is 2.25. The minimum atomic E-state index is -0.0866. The van der Waals surface area contributed by atoms with Gasteiger partial charge in [-0.15, -0.1) is 12.4 Å². The van der Waals surface area contributed by atoms with Gasteiger partial charge < -0.3 is 9.15 Å². The highest BCUT2D eigenvalue weighted by Crippen LogP contribution is 2.34. The van der Waals surface area contributed by atoms with Gasteiger partial charge in [0.2, 0.25) is 0 Å². The SMILES string of the molecule is Cc1cc(C(=O)N(CCCN2CCOCC2)c2nc3c(Cl)cccc3s2)c(C)o1.Cl. The van der Waals surface area contributed by atoms with Gasteiger partial charge in [0.25, 0.3) is 5.91 Å². The molecule has 0 unspecified atom stereocenters. The molecular formula is C21H25Cl2N3O3S. The van der Waals surface area contributed by atoms with Gasteiger partial charge in [0.05, 0.1) is 28.5 Å². The molecule has 9 heteroatoms. The van der Waals surface area contributed by atoms with Crippen LogP contribution in [0.25, 0.3) is 10.2 Å². The van der Waals surface area contributed by atoms with Crippen LogP contribution < -0.4 is 4.90 Å². The Morgan fingerprint density at radius 3 is 2.73 bits per heavy atom. The fourth-order valence-corrected chi connectivity index (χ4v) is 4.86. The number of fused-ring (bicyclic) bond motifs is 1. The number of para-hydroxylation sites is 1. The van der Waals surface area contributed by atoms with Crippen molar-refractivity contribution in [1.82, 2.24) is 9.88 Å². The molecule has 4 rings (SSSR count). The summed E-state index contributed by atoms with van der Waals surface area (Å²) >= 11 is 7.80. The fourth-order valence-electron chi connectivity index (χ4n) is 3.57. The average Bonchev–Trinajstić information content (AvgIpc) is 3.29. The van der Waals surface area contributed by atoms with Crippen molar-refractivity contribution in [1.29, 1.82) is 0 Å². The molecule has 0 bridgehead atoms. The van der Waals surface area contributed by atoms with Crippen LogP contribution in [0.4, 0.5) is 5.13 Å². The van der Waals surface area contributed by atoms with Gasteiger partial charge in [0, 0.05) is 26.2 Å². The lowest BCUT2D eigenvalue weighted by Crippen LogP contribution is -2.39. The number of thiazole rings is 1. The Morgan fingerprint density at radius 1 is 1.30 bits per heavy atom. The standard InChI is InChI=1S/C21H24ClN3O3S.ClH/c1-14-13-16(15(2)28-14)20(26)25(8-4-7-24-9-11-27-12-10-24)21-23-19-17(22)5-3-6-18(19)29-21;/h3,5-6,13H,4,7-12H2,1-2H3;1H. The number of hydrogen-bond acceptors (Lipinski definition) is 6. The number of anilines is 1. The Hall–Kier alpha value is -1.64. The first-order chi connectivity index (χ1) is 14.0. The van der Waals surface area contributed by atoms with Crippen LogP contribution in [0.5, 0.6) is 0 Å². The topological polar surface area (TPSA) is 58.8 Å². The lowest BCUT2D eigenvalue weighted by molar-refractivity contribution is 0.0376. The summed E-state index contributed by atoms with van der Waals surface area (Å²) in [5.41, 5.74) is 1.32. The number of benzene rings is 1. The summed E-state index contributed by atoms with van der Waals surface area (Å²) in [5, 5.41) is 1.26. The number of nitrogens with zero attached hydrogens (tertiary/aromatic N) is 3. The van der Waals surface area contributed by atoms with E-state index >= 15 is 0 Å². The molecule has 162 valence electrons. The summed E-state index contributed by atoms with van der Waals surface area (Å²) in [6, 6.07) is 7.50. The molecule has 1 amide bonds. The van der Waals surface area contributed by atoms with Crippen LogP contribution in [0.3, 0.4) is 0 Å². The maximum atomic E-state index is 13.4. The Bertz CT molecular complexity index is 1010. The molecule has 1 aliphatic heterocycles. The molecule has 30 heavy (non-hydrogen) atoms. The molecule has 3 heterocycles. The lowest BCUT2D eigenvalue weighted by Gasteiger charge is -2.27. The number of halogens is 2. The molecule has 0 atom stereocenters. The number of morpholine rings is 1. The molecular weight excluding hydrogens is 445 g/mol. The number of furan rings is 1. The van der Waals surface area contributed by atoms with E-state index in [-0.39, 0.29) is 18.3 Å². The zero-order chi connectivity index (χ0) is 20.4. The van der Waals surface area contributed by atoms with Crippen molar-refractivity contribution in [3.8, 4) is 0 Å². The number of carbonyl (C=O) groups excluding carboxylic acids is 1. The first-order valence-corrected chi connectivity index (χ1v) is 11.0. The van der Waals surface area contributed by atoms with Crippen molar-refractivity contribution in [3.05, 3.63) is 46.4 Å². The normalized spacial score (nSPS) is 14.6. The summed E-state index contributed by atoms with van der Waals surface area (Å²) in [5.74, 6) is 1.27. The largest absolute Gasteiger partial charge is 0.466 e. The van der Waals surface area contributed by atoms with E-state index in [9.17, 15) is 4.79 Å². The third-order valence-corrected chi connectivity index (χ3v) is 6.41. The molecule has 1 aromatic carbocycles. The van der Waals surface area contributed by atoms with Gasteiger partial charge >= 0.3 is 0 Å². The van der Waals surface area contributed by atoms with Gasteiger partial charge in [-0.1, -0.05) is 29.0 Å². The molecule has 1 aliphatic rings. The van der Waals surface area contributed by atoms with Gasteiger partial charge in [-0.3, -0.25) is 14.6 Å². The number of aryl methyl sites for hydroxylation is 2. The average molecular weight is 470 g/mol. The summed E-state index contributed by atoms with van der Waals surface area (Å²) in [6.45, 7) is 8.58. The predicted octanol–water partition coefficient (Wildman–Crippen LogP) is 4.95. The lowest BCUT2D eigenvalue weighted by atomic mass is 10.2. The van der Waals surface area contributed by atoms with E-state index in [0.29, 0.717) is 28.0 Å². The monoisotopic (exact) mass is 469 g/mol. The Kier molecular flexibility index (Phi) is 7.76. The maximum Gasteiger partial charge on any atom is 0.263 e. The third kappa shape index (κ3) is 4.98. The number of carbonyl (C=O) groups is 1. The number of rotatable bonds is 6. The molecule has 0 N–H and O–H groups in total. The first kappa shape index (κ1) is 23.0. The zero-order valence-electron chi connectivity index (χ0n) is 17.0. The number of ether oxygens (including phenoxy) is 1. The van der Waals surface area contributed by atoms with Crippen molar-refractivity contribution >= 4 is 56.6 Å². The summed E-state index contributed by atoms with van der Waals surface area (Å²) in [4.78, 5) is 22.2. The smallest absolute Gasteiger partial charge is 0.263 e. The van der Waals surface area contributed by atoms with Crippen LogP contribution >= 0.6 is 35.3 Å². The van der Waals surface area contributed by atoms with Crippen molar-refractivity contribution in [3.63, 3.8) is 0 Å². The molecule has 6 nitrogen and oxygen atoms in total. The van der Waals surface area contributed by atoms with Crippen molar-refractivity contribution in [2.24, 2.45) is 0 Å². The van der Waals surface area contributed by atoms with Crippen LogP contribution in [0.1, 0.15) is 28.3 Å². The van der Waals surface area contributed by atoms with Crippen LogP contribution in [0.15, 0.2) is 28.7 Å². The second-order valence-corrected chi connectivity index (χ2v) is 8.59. The van der Waals surface area contributed by atoms with Crippen molar-refractivity contribution in [2.75, 3.05) is 44.3 Å². The molecule has 2 aromatic heterocycles. The summed E-state index contributed by atoms with van der Waals surface area (Å²) in [6.07, 6.45) is 0.852. The van der Waals surface area contributed by atoms with E-state index in [4.69, 9.17) is 20.8 Å². The molecule has 1 fully saturated rings. The molecule has 0 spiro atoms. The van der Waals surface area contributed by atoms with Gasteiger partial charge in [-0.2, -0.15) is 0 Å². The second-order valence-electron chi connectivity index (χ2n) is 7.17. The van der Waals surface area contributed by atoms with E-state index in [0.717, 1.165) is 55.2 Å². The quantitative estimate of drug-likeness (QED) is 0.510. The van der Waals surface area contributed by atoms with E-state index in [2.05, 4.69) is 9.88 Å². The minimum Gasteiger partial charge on any atom is -0.466 e. The molecule has 0 radical (unpaired) electrons. The van der Waals surface area contributed by atoms with Crippen LogP contribution in [0, 0.1) is 13.8 Å². The number of amides is 1. The molecule has 0 aliphatic carbocycles. The molecule has 0 saturated carbocycles. The third-order valence-electron chi connectivity index (χ3n) is 5.07. The first-order valence-electron chi connectivity index (χ1n) is 9.77. The van der Waals surface area contributed by atoms with E-state index in [1.165, 1.54) is 11.3 Å². The number of aromatic nitrogens is 1. The van der Waals surface area contributed by atoms with E-state index in [1.54, 1.807) is 11.0 Å². The van der Waals surface area contributed by atoms with Crippen molar-refractivity contribution in [2.45, 2.75) is 20.3 Å². The van der Waals surface area contributed by atoms with Crippen LogP contribution in [-0.2, 0) is 4.74 Å². The Labute approximate surface area is 191 Å². The van der Waals surface area contributed by atoms with Gasteiger partial charge in [0.1, 0.15) is 17.0 Å². The van der Waals surface area contributed by atoms with Gasteiger partial charge in [0.15, 0.2) is 5.13 Å². The zero-order valence-corrected chi connectivity index (χ0v) is 19.4. The van der Waals surface area contributed by atoms with Crippen molar-refractivity contribution < 1.29 is 13.9 Å². The highest BCUT2D eigenvalue weighted by molar-refractivity contribution is 7.22. The summed E-state index contributed by atoms with van der Waals surface area (Å²) in [7, 11) is 0. The van der Waals surface area contributed by atoms with Gasteiger partial charge in [-0.05, 0) is 38.5 Å². The molecule has 1 saturated heterocycles. The van der Waals surface area contributed by atoms with Crippen LogP contribution in [0.2, 0.25) is 5.02 Å². The Balaban J connectivity index is 0.00000256. The predicted molar refractivity (Wildman–Crippen MR) is 124 cm³/mol. The highest BCUT2D eigenvalue weighted by atomic mass is 35.5. The number of hydrogen-bond donors (Lipinski definition) is 0. The maximum absolute atomic E-state index is 13.4. The molecule has 3 aromatic rings. The van der Waals surface area contributed by atoms with Crippen LogP contribution in [-0.4, -0.2) is 55.2 Å².